The molecule has 3 aliphatic heterocycles. The summed E-state index contributed by atoms with van der Waals surface area (Å²) >= 11 is 0. The molecule has 3 fully saturated rings. The first-order chi connectivity index (χ1) is 4.77. The Bertz CT molecular complexity index is 167. The highest BCUT2D eigenvalue weighted by atomic mass is 16.3. The molecule has 0 aliphatic carbocycles. The van der Waals surface area contributed by atoms with Crippen molar-refractivity contribution in [2.24, 2.45) is 5.92 Å². The summed E-state index contributed by atoms with van der Waals surface area (Å²) in [4.78, 5) is 2.20. The zero-order valence-corrected chi connectivity index (χ0v) is 6.08. The molecule has 2 atom stereocenters. The molecule has 3 rings (SSSR count). The lowest BCUT2D eigenvalue weighted by atomic mass is 9.84. The Balaban J connectivity index is 2.16. The summed E-state index contributed by atoms with van der Waals surface area (Å²) in [6.07, 6.45) is 2.08. The Morgan fingerprint density at radius 1 is 1.60 bits per heavy atom. The van der Waals surface area contributed by atoms with Gasteiger partial charge in [0.15, 0.2) is 0 Å². The maximum absolute atomic E-state index is 9.43. The highest BCUT2D eigenvalue weighted by molar-refractivity contribution is 5.06. The summed E-state index contributed by atoms with van der Waals surface area (Å²) in [6, 6.07) is 0. The first kappa shape index (κ1) is 6.23. The van der Waals surface area contributed by atoms with E-state index in [2.05, 4.69) is 11.5 Å². The number of allylic oxidation sites excluding steroid dienone is 1. The van der Waals surface area contributed by atoms with Gasteiger partial charge in [-0.25, -0.2) is 0 Å². The van der Waals surface area contributed by atoms with Crippen LogP contribution in [0.1, 0.15) is 12.8 Å². The Labute approximate surface area is 61.1 Å². The minimum Gasteiger partial charge on any atom is -0.391 e. The molecule has 1 N–H and O–H groups in total. The number of aliphatic hydroxyl groups is 1. The number of fused-ring (bicyclic) bond motifs is 3. The van der Waals surface area contributed by atoms with Crippen molar-refractivity contribution in [1.29, 1.82) is 0 Å². The van der Waals surface area contributed by atoms with Gasteiger partial charge in [-0.05, 0) is 18.8 Å². The normalized spacial score (nSPS) is 38.9. The number of piperidine rings is 3. The van der Waals surface area contributed by atoms with E-state index in [1.54, 1.807) is 0 Å². The third-order valence-corrected chi connectivity index (χ3v) is 2.67. The predicted molar refractivity (Wildman–Crippen MR) is 39.4 cm³/mol. The van der Waals surface area contributed by atoms with Crippen molar-refractivity contribution < 1.29 is 5.11 Å². The molecule has 2 bridgehead atoms. The second-order valence-electron chi connectivity index (χ2n) is 3.33. The standard InChI is InChI=1S/C8H13NO/c1-6-4-7-2-3-9(6)5-8(7)10/h7-8,10H,1-5H2/t7?,8-/m1/s1. The van der Waals surface area contributed by atoms with Gasteiger partial charge in [-0.2, -0.15) is 0 Å². The molecule has 0 aromatic rings. The quantitative estimate of drug-likeness (QED) is 0.531. The van der Waals surface area contributed by atoms with Crippen LogP contribution < -0.4 is 0 Å². The van der Waals surface area contributed by atoms with Crippen LogP contribution in [0.15, 0.2) is 12.3 Å². The van der Waals surface area contributed by atoms with Gasteiger partial charge in [0.1, 0.15) is 0 Å². The van der Waals surface area contributed by atoms with Crippen molar-refractivity contribution in [2.45, 2.75) is 18.9 Å². The van der Waals surface area contributed by atoms with Gasteiger partial charge < -0.3 is 10.0 Å². The number of nitrogens with zero attached hydrogens (tertiary/aromatic N) is 1. The molecule has 3 saturated heterocycles. The fraction of sp³-hybridized carbons (Fsp3) is 0.750. The van der Waals surface area contributed by atoms with Gasteiger partial charge in [-0.3, -0.25) is 0 Å². The summed E-state index contributed by atoms with van der Waals surface area (Å²) in [5.74, 6) is 0.512. The number of aliphatic hydroxyl groups excluding tert-OH is 1. The molecular weight excluding hydrogens is 126 g/mol. The van der Waals surface area contributed by atoms with E-state index in [0.717, 1.165) is 25.9 Å². The Morgan fingerprint density at radius 3 is 2.70 bits per heavy atom. The van der Waals surface area contributed by atoms with Gasteiger partial charge in [-0.1, -0.05) is 6.58 Å². The minimum absolute atomic E-state index is 0.0840. The summed E-state index contributed by atoms with van der Waals surface area (Å²) < 4.78 is 0. The molecule has 0 aromatic carbocycles. The van der Waals surface area contributed by atoms with Crippen LogP contribution in [0.2, 0.25) is 0 Å². The largest absolute Gasteiger partial charge is 0.391 e. The average Bonchev–Trinajstić information content (AvgIpc) is 1.91. The van der Waals surface area contributed by atoms with Crippen molar-refractivity contribution in [3.63, 3.8) is 0 Å². The first-order valence-electron chi connectivity index (χ1n) is 3.88. The zero-order chi connectivity index (χ0) is 7.14. The number of hydrogen-bond acceptors (Lipinski definition) is 2. The van der Waals surface area contributed by atoms with E-state index in [1.165, 1.54) is 5.70 Å². The van der Waals surface area contributed by atoms with E-state index in [-0.39, 0.29) is 6.10 Å². The molecule has 3 aliphatic rings. The Morgan fingerprint density at radius 2 is 2.40 bits per heavy atom. The summed E-state index contributed by atoms with van der Waals surface area (Å²) in [6.45, 7) is 5.88. The molecule has 0 radical (unpaired) electrons. The van der Waals surface area contributed by atoms with Crippen molar-refractivity contribution >= 4 is 0 Å². The molecule has 10 heavy (non-hydrogen) atoms. The molecule has 0 saturated carbocycles. The molecule has 3 heterocycles. The van der Waals surface area contributed by atoms with Gasteiger partial charge in [0.2, 0.25) is 0 Å². The van der Waals surface area contributed by atoms with Crippen LogP contribution in [-0.2, 0) is 0 Å². The second kappa shape index (κ2) is 1.99. The van der Waals surface area contributed by atoms with Crippen LogP contribution in [0.5, 0.6) is 0 Å². The van der Waals surface area contributed by atoms with E-state index >= 15 is 0 Å². The lowest BCUT2D eigenvalue weighted by molar-refractivity contribution is 0.00205. The van der Waals surface area contributed by atoms with Crippen molar-refractivity contribution in [2.75, 3.05) is 13.1 Å². The van der Waals surface area contributed by atoms with Crippen LogP contribution in [0.4, 0.5) is 0 Å². The average molecular weight is 139 g/mol. The van der Waals surface area contributed by atoms with Gasteiger partial charge in [-0.15, -0.1) is 0 Å². The topological polar surface area (TPSA) is 23.5 Å². The van der Waals surface area contributed by atoms with E-state index < -0.39 is 0 Å². The van der Waals surface area contributed by atoms with Crippen LogP contribution in [0, 0.1) is 5.92 Å². The number of rotatable bonds is 0. The Hall–Kier alpha value is -0.500. The predicted octanol–water partition coefficient (Wildman–Crippen LogP) is 0.587. The molecule has 56 valence electrons. The third-order valence-electron chi connectivity index (χ3n) is 2.67. The highest BCUT2D eigenvalue weighted by Gasteiger charge is 2.34. The van der Waals surface area contributed by atoms with Crippen LogP contribution in [0.3, 0.4) is 0 Å². The van der Waals surface area contributed by atoms with Crippen LogP contribution in [0.25, 0.3) is 0 Å². The van der Waals surface area contributed by atoms with E-state index in [0.29, 0.717) is 5.92 Å². The van der Waals surface area contributed by atoms with E-state index in [4.69, 9.17) is 0 Å². The monoisotopic (exact) mass is 139 g/mol. The maximum Gasteiger partial charge on any atom is 0.0747 e. The number of hydrogen-bond donors (Lipinski definition) is 1. The fourth-order valence-electron chi connectivity index (χ4n) is 1.94. The van der Waals surface area contributed by atoms with Crippen molar-refractivity contribution in [3.8, 4) is 0 Å². The Kier molecular flexibility index (Phi) is 1.24. The van der Waals surface area contributed by atoms with Gasteiger partial charge >= 0.3 is 0 Å². The molecule has 0 aromatic heterocycles. The van der Waals surface area contributed by atoms with Gasteiger partial charge in [0.25, 0.3) is 0 Å². The van der Waals surface area contributed by atoms with E-state index in [9.17, 15) is 5.11 Å². The first-order valence-corrected chi connectivity index (χ1v) is 3.88. The highest BCUT2D eigenvalue weighted by Crippen LogP contribution is 2.33. The SMILES string of the molecule is C=C1CC2CCN1C[C@H]2O. The lowest BCUT2D eigenvalue weighted by Crippen LogP contribution is -2.48. The molecule has 1 unspecified atom stereocenters. The second-order valence-corrected chi connectivity index (χ2v) is 3.33. The van der Waals surface area contributed by atoms with Crippen LogP contribution >= 0.6 is 0 Å². The fourth-order valence-corrected chi connectivity index (χ4v) is 1.94. The summed E-state index contributed by atoms with van der Waals surface area (Å²) in [7, 11) is 0. The molecule has 0 amide bonds. The molecule has 0 spiro atoms. The van der Waals surface area contributed by atoms with Gasteiger partial charge in [0.05, 0.1) is 6.10 Å². The summed E-state index contributed by atoms with van der Waals surface area (Å²) in [5, 5.41) is 9.43. The zero-order valence-electron chi connectivity index (χ0n) is 6.08. The maximum atomic E-state index is 9.43. The van der Waals surface area contributed by atoms with Crippen molar-refractivity contribution in [3.05, 3.63) is 12.3 Å². The van der Waals surface area contributed by atoms with Crippen LogP contribution in [-0.4, -0.2) is 29.2 Å². The molecular formula is C8H13NO. The summed E-state index contributed by atoms with van der Waals surface area (Å²) in [5.41, 5.74) is 1.22. The molecule has 2 nitrogen and oxygen atoms in total. The van der Waals surface area contributed by atoms with Gasteiger partial charge in [0, 0.05) is 18.8 Å². The third kappa shape index (κ3) is 0.754. The smallest absolute Gasteiger partial charge is 0.0747 e. The molecule has 2 heteroatoms. The van der Waals surface area contributed by atoms with E-state index in [1.807, 2.05) is 0 Å². The lowest BCUT2D eigenvalue weighted by Gasteiger charge is -2.45. The van der Waals surface area contributed by atoms with Crippen molar-refractivity contribution in [1.82, 2.24) is 4.90 Å². The minimum atomic E-state index is -0.0840.